The molecule has 3 aromatic carbocycles. The summed E-state index contributed by atoms with van der Waals surface area (Å²) in [4.78, 5) is 123. The molecule has 4 unspecified atom stereocenters. The van der Waals surface area contributed by atoms with Crippen LogP contribution in [0.15, 0.2) is 73.2 Å². The minimum atomic E-state index is -1.59. The first-order chi connectivity index (χ1) is 50.6. The number of hydrogen-bond donors (Lipinski definition) is 8. The summed E-state index contributed by atoms with van der Waals surface area (Å²) in [6.45, 7) is 27.6. The maximum Gasteiger partial charge on any atom is 0.413 e. The van der Waals surface area contributed by atoms with Crippen molar-refractivity contribution in [3.63, 3.8) is 0 Å². The topological polar surface area (TPSA) is 331 Å². The van der Waals surface area contributed by atoms with E-state index in [1.54, 1.807) is 83.1 Å². The number of aryl methyl sites for hydroxylation is 3. The maximum absolute atomic E-state index is 13.8. The summed E-state index contributed by atoms with van der Waals surface area (Å²) in [7, 11) is 0. The number of carbonyl (C=O) groups is 9. The SMILES string of the molecule is C.C.CC1CCC(c2cc(F)c(F)c(F)c2)NC1.Cc1cc(NC(=O)C(=O)N2CC(C)CCC2c2cc(F)c(F)c(F)c2)cnc1NC(=O)OC(C)(C)C.Cc1cc(NC(=O)C(=O)N2C[C@H](C)CC[C@H]2c2cc(F)c(F)c(F)c2)cnc1NC(=O)OC(C)(C)C.Cc1cc(NC(=O)C(=O)O)cnc1NC(=O)OC(C)(C)C. The first-order valence-corrected chi connectivity index (χ1v) is 34.5. The zero-order chi connectivity index (χ0) is 81.5. The number of carboxylic acid groups (broad SMARTS) is 1. The van der Waals surface area contributed by atoms with Crippen molar-refractivity contribution < 1.29 is 102 Å². The molecule has 6 atom stereocenters. The molecule has 25 nitrogen and oxygen atoms in total. The van der Waals surface area contributed by atoms with Gasteiger partial charge >= 0.3 is 53.8 Å². The number of hydrogen-bond acceptors (Lipinski definition) is 16. The van der Waals surface area contributed by atoms with E-state index in [1.807, 2.05) is 13.8 Å². The van der Waals surface area contributed by atoms with E-state index in [0.29, 0.717) is 53.9 Å². The second kappa shape index (κ2) is 39.6. The van der Waals surface area contributed by atoms with Gasteiger partial charge in [0.1, 0.15) is 34.3 Å². The molecule has 9 rings (SSSR count). The number of likely N-dealkylation sites (tertiary alicyclic amines) is 2. The van der Waals surface area contributed by atoms with Gasteiger partial charge in [0.2, 0.25) is 0 Å². The number of amides is 8. The molecule has 111 heavy (non-hydrogen) atoms. The van der Waals surface area contributed by atoms with Crippen LogP contribution in [0.5, 0.6) is 0 Å². The molecular weight excluding hydrogens is 1470 g/mol. The highest BCUT2D eigenvalue weighted by atomic mass is 19.2. The molecule has 0 aliphatic carbocycles. The Balaban J connectivity index is 0.000000325. The van der Waals surface area contributed by atoms with E-state index in [2.05, 4.69) is 59.1 Å². The van der Waals surface area contributed by atoms with Crippen LogP contribution in [0.4, 0.5) is 88.4 Å². The molecule has 3 saturated heterocycles. The lowest BCUT2D eigenvalue weighted by Crippen LogP contribution is -2.46. The number of rotatable bonds is 9. The number of piperidine rings is 3. The first-order valence-electron chi connectivity index (χ1n) is 34.5. The first kappa shape index (κ1) is 92.5. The average molecular weight is 1570 g/mol. The number of anilines is 6. The third-order valence-electron chi connectivity index (χ3n) is 16.5. The third-order valence-corrected chi connectivity index (χ3v) is 16.5. The number of pyridine rings is 3. The Kier molecular flexibility index (Phi) is 33.0. The van der Waals surface area contributed by atoms with Gasteiger partial charge in [-0.3, -0.25) is 39.9 Å². The lowest BCUT2D eigenvalue weighted by atomic mass is 9.89. The zero-order valence-corrected chi connectivity index (χ0v) is 62.7. The standard InChI is InChI=1S/2C25H29F3N4O4.C13H17N3O5.C12H14F3N.2CH4/c2*1-13-6-7-19(15-9-17(26)20(28)18(27)10-15)32(12-13)23(34)22(33)30-16-8-14(2)21(29-11-16)31-24(35)36-25(3,4)5;1-7-5-8(15-10(17)11(18)19)6-14-9(7)16-12(20)21-13(2,3)4;1-7-2-3-11(16-6-7)8-4-9(13)12(15)10(14)5-8;;/h2*8-11,13,19H,6-7,12H2,1-5H3,(H,30,33)(H,29,31,35);5-6H,1-4H3,(H,15,17)(H,18,19)(H,14,16,20);4-5,7,11,16H,2-3,6H2,1H3;2*1H4/t13-,19+;;;;;/m1...../s1. The van der Waals surface area contributed by atoms with Gasteiger partial charge in [-0.05, 0) is 234 Å². The van der Waals surface area contributed by atoms with Crippen molar-refractivity contribution in [2.45, 2.75) is 192 Å². The summed E-state index contributed by atoms with van der Waals surface area (Å²) in [5.41, 5.74) is 0.824. The van der Waals surface area contributed by atoms with E-state index in [9.17, 15) is 82.7 Å². The summed E-state index contributed by atoms with van der Waals surface area (Å²) in [5.74, 6) is -17.3. The number of carboxylic acids is 1. The predicted octanol–water partition coefficient (Wildman–Crippen LogP) is 16.4. The van der Waals surface area contributed by atoms with Crippen LogP contribution in [0.3, 0.4) is 0 Å². The Hall–Kier alpha value is -10.9. The van der Waals surface area contributed by atoms with Gasteiger partial charge in [0.05, 0.1) is 47.7 Å². The zero-order valence-electron chi connectivity index (χ0n) is 62.7. The Bertz CT molecular complexity index is 4120. The maximum atomic E-state index is 13.8. The highest BCUT2D eigenvalue weighted by Crippen LogP contribution is 2.37. The number of nitrogens with zero attached hydrogens (tertiary/aromatic N) is 5. The number of halogens is 9. The summed E-state index contributed by atoms with van der Waals surface area (Å²) < 4.78 is 137. The summed E-state index contributed by atoms with van der Waals surface area (Å²) in [5, 5.41) is 26.3. The van der Waals surface area contributed by atoms with E-state index in [0.717, 1.165) is 55.8 Å². The molecular formula is C77H97F9N12O13. The third kappa shape index (κ3) is 27.9. The molecule has 34 heteroatoms. The normalized spacial score (nSPS) is 17.4. The molecule has 0 bridgehead atoms. The van der Waals surface area contributed by atoms with E-state index < -0.39 is 135 Å². The second-order valence-corrected chi connectivity index (χ2v) is 29.6. The minimum absolute atomic E-state index is 0. The van der Waals surface area contributed by atoms with Gasteiger partial charge in [-0.25, -0.2) is 73.6 Å². The van der Waals surface area contributed by atoms with Crippen LogP contribution in [-0.4, -0.2) is 120 Å². The Morgan fingerprint density at radius 2 is 0.694 bits per heavy atom. The van der Waals surface area contributed by atoms with Gasteiger partial charge in [-0.1, -0.05) is 35.6 Å². The quantitative estimate of drug-likeness (QED) is 0.0288. The van der Waals surface area contributed by atoms with Crippen LogP contribution in [0.2, 0.25) is 0 Å². The Morgan fingerprint density at radius 3 is 0.955 bits per heavy atom. The molecule has 0 saturated carbocycles. The van der Waals surface area contributed by atoms with Crippen LogP contribution in [0.1, 0.15) is 188 Å². The van der Waals surface area contributed by atoms with Crippen LogP contribution in [0, 0.1) is 90.9 Å². The fourth-order valence-corrected chi connectivity index (χ4v) is 11.4. The molecule has 6 aromatic rings. The van der Waals surface area contributed by atoms with Crippen molar-refractivity contribution in [1.82, 2.24) is 30.1 Å². The van der Waals surface area contributed by atoms with Gasteiger partial charge in [0.15, 0.2) is 52.4 Å². The molecule has 0 radical (unpaired) electrons. The summed E-state index contributed by atoms with van der Waals surface area (Å²) >= 11 is 0. The largest absolute Gasteiger partial charge is 0.474 e. The van der Waals surface area contributed by atoms with Crippen LogP contribution < -0.4 is 37.2 Å². The number of ether oxygens (including phenoxy) is 3. The molecule has 3 aliphatic heterocycles. The lowest BCUT2D eigenvalue weighted by molar-refractivity contribution is -0.147. The smallest absolute Gasteiger partial charge is 0.413 e. The van der Waals surface area contributed by atoms with Crippen molar-refractivity contribution in [3.8, 4) is 0 Å². The van der Waals surface area contributed by atoms with Crippen molar-refractivity contribution in [3.05, 3.63) is 159 Å². The van der Waals surface area contributed by atoms with E-state index in [1.165, 1.54) is 46.6 Å². The minimum Gasteiger partial charge on any atom is -0.474 e. The Labute approximate surface area is 638 Å². The van der Waals surface area contributed by atoms with Crippen LogP contribution in [0.25, 0.3) is 0 Å². The Morgan fingerprint density at radius 1 is 0.414 bits per heavy atom. The van der Waals surface area contributed by atoms with Gasteiger partial charge in [0.25, 0.3) is 0 Å². The van der Waals surface area contributed by atoms with Gasteiger partial charge < -0.3 is 50.4 Å². The number of carbonyl (C=O) groups excluding carboxylic acids is 8. The average Bonchev–Trinajstić information content (AvgIpc) is 0.795. The number of aromatic nitrogens is 3. The highest BCUT2D eigenvalue weighted by molar-refractivity contribution is 6.40. The van der Waals surface area contributed by atoms with Gasteiger partial charge in [0, 0.05) is 19.1 Å². The number of nitrogens with one attached hydrogen (secondary N) is 7. The van der Waals surface area contributed by atoms with Gasteiger partial charge in [-0.15, -0.1) is 0 Å². The summed E-state index contributed by atoms with van der Waals surface area (Å²) in [6.07, 6.45) is 5.61. The van der Waals surface area contributed by atoms with Crippen molar-refractivity contribution in [1.29, 1.82) is 0 Å². The monoisotopic (exact) mass is 1570 g/mol. The predicted molar refractivity (Wildman–Crippen MR) is 397 cm³/mol. The van der Waals surface area contributed by atoms with E-state index in [4.69, 9.17) is 19.3 Å². The highest BCUT2D eigenvalue weighted by Gasteiger charge is 2.38. The molecule has 8 N–H and O–H groups in total. The fraction of sp³-hybridized carbons (Fsp3) is 0.455. The van der Waals surface area contributed by atoms with E-state index >= 15 is 0 Å². The van der Waals surface area contributed by atoms with Crippen molar-refractivity contribution in [2.24, 2.45) is 17.8 Å². The number of aliphatic carboxylic acids is 1. The number of benzene rings is 3. The van der Waals surface area contributed by atoms with Crippen molar-refractivity contribution in [2.75, 3.05) is 51.5 Å². The molecule has 3 fully saturated rings. The molecule has 606 valence electrons. The van der Waals surface area contributed by atoms with Crippen molar-refractivity contribution >= 4 is 88.3 Å². The second-order valence-electron chi connectivity index (χ2n) is 29.6. The van der Waals surface area contributed by atoms with Gasteiger partial charge in [-0.2, -0.15) is 0 Å². The van der Waals surface area contributed by atoms with Crippen LogP contribution in [-0.2, 0) is 43.0 Å². The molecule has 8 amide bonds. The van der Waals surface area contributed by atoms with Crippen LogP contribution >= 0.6 is 0 Å². The molecule has 3 aromatic heterocycles. The molecule has 3 aliphatic rings. The molecule has 0 spiro atoms. The lowest BCUT2D eigenvalue weighted by Gasteiger charge is -2.38. The van der Waals surface area contributed by atoms with E-state index in [-0.39, 0.29) is 91.5 Å². The molecule has 6 heterocycles. The summed E-state index contributed by atoms with van der Waals surface area (Å²) in [6, 6.07) is 8.43. The fourth-order valence-electron chi connectivity index (χ4n) is 11.4.